The zero-order chi connectivity index (χ0) is 14.4. The largest absolute Gasteiger partial charge is 0.396 e. The maximum atomic E-state index is 12.1. The molecule has 0 unspecified atom stereocenters. The van der Waals surface area contributed by atoms with Gasteiger partial charge in [-0.3, -0.25) is 9.78 Å². The molecule has 0 aliphatic heterocycles. The Morgan fingerprint density at radius 2 is 2.05 bits per heavy atom. The number of anilines is 1. The van der Waals surface area contributed by atoms with E-state index in [0.29, 0.717) is 28.9 Å². The molecule has 5 heteroatoms. The van der Waals surface area contributed by atoms with Crippen molar-refractivity contribution >= 4 is 11.6 Å². The number of hydrogen-bond donors (Lipinski definition) is 2. The molecule has 5 nitrogen and oxygen atoms in total. The first kappa shape index (κ1) is 13.7. The van der Waals surface area contributed by atoms with Crippen molar-refractivity contribution in [3.63, 3.8) is 0 Å². The van der Waals surface area contributed by atoms with Crippen molar-refractivity contribution in [1.29, 1.82) is 5.26 Å². The van der Waals surface area contributed by atoms with Crippen LogP contribution in [0.3, 0.4) is 0 Å². The molecule has 0 atom stereocenters. The van der Waals surface area contributed by atoms with E-state index in [-0.39, 0.29) is 12.5 Å². The first-order chi connectivity index (χ1) is 9.72. The normalized spacial score (nSPS) is 9.80. The SMILES string of the molecule is N#Cc1ccc(NC(=O)c2ccnc(CCO)c2)cc1. The number of rotatable bonds is 4. The Labute approximate surface area is 116 Å². The van der Waals surface area contributed by atoms with Crippen LogP contribution < -0.4 is 5.32 Å². The van der Waals surface area contributed by atoms with Crippen LogP contribution in [0.5, 0.6) is 0 Å². The standard InChI is InChI=1S/C15H13N3O2/c16-10-11-1-3-13(4-2-11)18-15(20)12-5-7-17-14(9-12)6-8-19/h1-5,7,9,19H,6,8H2,(H,18,20). The van der Waals surface area contributed by atoms with Gasteiger partial charge in [-0.25, -0.2) is 0 Å². The molecule has 0 aliphatic rings. The number of nitrogens with one attached hydrogen (secondary N) is 1. The Hall–Kier alpha value is -2.71. The van der Waals surface area contributed by atoms with Crippen molar-refractivity contribution in [3.8, 4) is 6.07 Å². The average molecular weight is 267 g/mol. The van der Waals surface area contributed by atoms with Gasteiger partial charge in [-0.2, -0.15) is 5.26 Å². The van der Waals surface area contributed by atoms with E-state index in [9.17, 15) is 4.79 Å². The first-order valence-electron chi connectivity index (χ1n) is 6.10. The van der Waals surface area contributed by atoms with Gasteiger partial charge < -0.3 is 10.4 Å². The summed E-state index contributed by atoms with van der Waals surface area (Å²) in [5.74, 6) is -0.253. The number of carbonyl (C=O) groups excluding carboxylic acids is 1. The smallest absolute Gasteiger partial charge is 0.255 e. The highest BCUT2D eigenvalue weighted by Crippen LogP contribution is 2.11. The van der Waals surface area contributed by atoms with Gasteiger partial charge in [0, 0.05) is 36.2 Å². The highest BCUT2D eigenvalue weighted by Gasteiger charge is 2.07. The van der Waals surface area contributed by atoms with Crippen molar-refractivity contribution in [2.75, 3.05) is 11.9 Å². The predicted octanol–water partition coefficient (Wildman–Crippen LogP) is 1.74. The zero-order valence-electron chi connectivity index (χ0n) is 10.7. The van der Waals surface area contributed by atoms with Crippen molar-refractivity contribution in [2.24, 2.45) is 0 Å². The number of nitrogens with zero attached hydrogens (tertiary/aromatic N) is 2. The second-order valence-corrected chi connectivity index (χ2v) is 4.15. The molecule has 0 saturated carbocycles. The van der Waals surface area contributed by atoms with Gasteiger partial charge in [-0.1, -0.05) is 0 Å². The molecule has 0 aliphatic carbocycles. The molecule has 1 amide bonds. The summed E-state index contributed by atoms with van der Waals surface area (Å²) in [5, 5.41) is 20.3. The number of aliphatic hydroxyl groups excluding tert-OH is 1. The third kappa shape index (κ3) is 3.40. The van der Waals surface area contributed by atoms with Gasteiger partial charge in [0.2, 0.25) is 0 Å². The van der Waals surface area contributed by atoms with Crippen LogP contribution in [-0.4, -0.2) is 22.6 Å². The summed E-state index contributed by atoms with van der Waals surface area (Å²) in [4.78, 5) is 16.1. The lowest BCUT2D eigenvalue weighted by Gasteiger charge is -2.06. The molecule has 1 aromatic heterocycles. The van der Waals surface area contributed by atoms with E-state index in [1.54, 1.807) is 42.6 Å². The van der Waals surface area contributed by atoms with Gasteiger partial charge in [-0.05, 0) is 36.4 Å². The van der Waals surface area contributed by atoms with Crippen LogP contribution in [0.15, 0.2) is 42.6 Å². The molecular formula is C15H13N3O2. The molecule has 2 N–H and O–H groups in total. The van der Waals surface area contributed by atoms with E-state index in [1.807, 2.05) is 6.07 Å². The molecule has 0 saturated heterocycles. The van der Waals surface area contributed by atoms with E-state index in [4.69, 9.17) is 10.4 Å². The molecule has 1 aromatic carbocycles. The Kier molecular flexibility index (Phi) is 4.43. The number of amides is 1. The monoisotopic (exact) mass is 267 g/mol. The molecular weight excluding hydrogens is 254 g/mol. The topological polar surface area (TPSA) is 86.0 Å². The Morgan fingerprint density at radius 1 is 1.30 bits per heavy atom. The fourth-order valence-corrected chi connectivity index (χ4v) is 1.70. The van der Waals surface area contributed by atoms with Crippen molar-refractivity contribution in [1.82, 2.24) is 4.98 Å². The lowest BCUT2D eigenvalue weighted by Crippen LogP contribution is -2.12. The highest BCUT2D eigenvalue weighted by molar-refractivity contribution is 6.04. The lowest BCUT2D eigenvalue weighted by molar-refractivity contribution is 0.102. The summed E-state index contributed by atoms with van der Waals surface area (Å²) in [6.45, 7) is -0.00626. The molecule has 100 valence electrons. The molecule has 0 bridgehead atoms. The molecule has 0 fully saturated rings. The van der Waals surface area contributed by atoms with Gasteiger partial charge in [0.05, 0.1) is 11.6 Å². The van der Waals surface area contributed by atoms with Crippen LogP contribution in [0, 0.1) is 11.3 Å². The molecule has 0 spiro atoms. The molecule has 0 radical (unpaired) electrons. The minimum absolute atomic E-state index is 0.00626. The van der Waals surface area contributed by atoms with E-state index in [1.165, 1.54) is 0 Å². The van der Waals surface area contributed by atoms with E-state index in [2.05, 4.69) is 10.3 Å². The summed E-state index contributed by atoms with van der Waals surface area (Å²) >= 11 is 0. The summed E-state index contributed by atoms with van der Waals surface area (Å²) in [6.07, 6.45) is 1.96. The van der Waals surface area contributed by atoms with Crippen LogP contribution in [0.25, 0.3) is 0 Å². The maximum absolute atomic E-state index is 12.1. The third-order valence-corrected chi connectivity index (χ3v) is 2.72. The second-order valence-electron chi connectivity index (χ2n) is 4.15. The van der Waals surface area contributed by atoms with E-state index < -0.39 is 0 Å². The molecule has 20 heavy (non-hydrogen) atoms. The predicted molar refractivity (Wildman–Crippen MR) is 74.1 cm³/mol. The van der Waals surface area contributed by atoms with Gasteiger partial charge in [0.1, 0.15) is 0 Å². The van der Waals surface area contributed by atoms with Gasteiger partial charge >= 0.3 is 0 Å². The quantitative estimate of drug-likeness (QED) is 0.883. The van der Waals surface area contributed by atoms with Crippen molar-refractivity contribution in [3.05, 3.63) is 59.4 Å². The first-order valence-corrected chi connectivity index (χ1v) is 6.10. The Bertz CT molecular complexity index is 645. The van der Waals surface area contributed by atoms with E-state index >= 15 is 0 Å². The second kappa shape index (κ2) is 6.45. The van der Waals surface area contributed by atoms with Crippen LogP contribution in [0.4, 0.5) is 5.69 Å². The third-order valence-electron chi connectivity index (χ3n) is 2.72. The fraction of sp³-hybridized carbons (Fsp3) is 0.133. The Balaban J connectivity index is 2.11. The van der Waals surface area contributed by atoms with Crippen molar-refractivity contribution < 1.29 is 9.90 Å². The molecule has 2 aromatic rings. The number of aromatic nitrogens is 1. The maximum Gasteiger partial charge on any atom is 0.255 e. The zero-order valence-corrected chi connectivity index (χ0v) is 10.7. The minimum atomic E-state index is -0.253. The Morgan fingerprint density at radius 3 is 2.70 bits per heavy atom. The number of pyridine rings is 1. The summed E-state index contributed by atoms with van der Waals surface area (Å²) in [7, 11) is 0. The highest BCUT2D eigenvalue weighted by atomic mass is 16.3. The van der Waals surface area contributed by atoms with Crippen molar-refractivity contribution in [2.45, 2.75) is 6.42 Å². The number of hydrogen-bond acceptors (Lipinski definition) is 4. The van der Waals surface area contributed by atoms with Crippen LogP contribution in [0.2, 0.25) is 0 Å². The summed E-state index contributed by atoms with van der Waals surface area (Å²) in [5.41, 5.74) is 2.31. The minimum Gasteiger partial charge on any atom is -0.396 e. The number of benzene rings is 1. The molecule has 1 heterocycles. The number of carbonyl (C=O) groups is 1. The van der Waals surface area contributed by atoms with Crippen LogP contribution >= 0.6 is 0 Å². The lowest BCUT2D eigenvalue weighted by atomic mass is 10.1. The number of aliphatic hydroxyl groups is 1. The van der Waals surface area contributed by atoms with Gasteiger partial charge in [0.15, 0.2) is 0 Å². The fourth-order valence-electron chi connectivity index (χ4n) is 1.70. The molecule has 2 rings (SSSR count). The van der Waals surface area contributed by atoms with Crippen LogP contribution in [-0.2, 0) is 6.42 Å². The van der Waals surface area contributed by atoms with Gasteiger partial charge in [-0.15, -0.1) is 0 Å². The average Bonchev–Trinajstić information content (AvgIpc) is 2.48. The summed E-state index contributed by atoms with van der Waals surface area (Å²) in [6, 6.07) is 11.9. The summed E-state index contributed by atoms with van der Waals surface area (Å²) < 4.78 is 0. The van der Waals surface area contributed by atoms with Gasteiger partial charge in [0.25, 0.3) is 5.91 Å². The van der Waals surface area contributed by atoms with E-state index in [0.717, 1.165) is 0 Å². The van der Waals surface area contributed by atoms with Crippen LogP contribution in [0.1, 0.15) is 21.6 Å². The number of nitriles is 1.